The van der Waals surface area contributed by atoms with E-state index < -0.39 is 0 Å². The topological polar surface area (TPSA) is 27.1 Å². The molecule has 0 saturated heterocycles. The Balaban J connectivity index is 2.05. The predicted molar refractivity (Wildman–Crippen MR) is 87.1 cm³/mol. The normalized spacial score (nSPS) is 24.2. The molecule has 1 fully saturated rings. The third-order valence-corrected chi connectivity index (χ3v) is 5.12. The van der Waals surface area contributed by atoms with E-state index in [-0.39, 0.29) is 5.41 Å². The molecule has 3 rings (SSSR count). The minimum absolute atomic E-state index is 0.0735. The molecule has 0 N–H and O–H groups in total. The Morgan fingerprint density at radius 2 is 2.19 bits per heavy atom. The number of hydrogen-bond donors (Lipinski definition) is 0. The largest absolute Gasteiger partial charge is 0.378 e. The number of benzene rings is 1. The molecule has 0 bridgehead atoms. The number of halogens is 2. The minimum atomic E-state index is 0.0735. The van der Waals surface area contributed by atoms with Crippen LogP contribution in [0.1, 0.15) is 39.1 Å². The molecule has 114 valence electrons. The standard InChI is InChI=1S/C16H20Cl2N2O/c1-4-21-14-8-13(16(14,2)3)20-12-6-5-10(18)7-11(12)19-15(20)9-17/h5-7,13-14H,4,8-9H2,1-3H3. The van der Waals surface area contributed by atoms with Gasteiger partial charge in [0.2, 0.25) is 0 Å². The molecule has 1 aromatic carbocycles. The van der Waals surface area contributed by atoms with Crippen molar-refractivity contribution in [3.05, 3.63) is 29.0 Å². The van der Waals surface area contributed by atoms with Gasteiger partial charge in [0.15, 0.2) is 0 Å². The van der Waals surface area contributed by atoms with Gasteiger partial charge in [-0.25, -0.2) is 4.98 Å². The number of hydrogen-bond acceptors (Lipinski definition) is 2. The fraction of sp³-hybridized carbons (Fsp3) is 0.562. The number of nitrogens with zero attached hydrogens (tertiary/aromatic N) is 2. The Morgan fingerprint density at radius 3 is 2.81 bits per heavy atom. The third-order valence-electron chi connectivity index (χ3n) is 4.65. The van der Waals surface area contributed by atoms with E-state index in [0.717, 1.165) is 29.9 Å². The van der Waals surface area contributed by atoms with Gasteiger partial charge in [-0.3, -0.25) is 0 Å². The number of aromatic nitrogens is 2. The number of imidazole rings is 1. The molecule has 0 spiro atoms. The molecule has 3 nitrogen and oxygen atoms in total. The van der Waals surface area contributed by atoms with Crippen molar-refractivity contribution in [2.45, 2.75) is 45.2 Å². The highest BCUT2D eigenvalue weighted by molar-refractivity contribution is 6.31. The molecule has 0 aliphatic heterocycles. The van der Waals surface area contributed by atoms with Crippen LogP contribution in [0.2, 0.25) is 5.02 Å². The third kappa shape index (κ3) is 2.36. The first-order valence-corrected chi connectivity index (χ1v) is 8.24. The summed E-state index contributed by atoms with van der Waals surface area (Å²) in [5, 5.41) is 0.702. The van der Waals surface area contributed by atoms with Crippen molar-refractivity contribution in [3.8, 4) is 0 Å². The van der Waals surface area contributed by atoms with Crippen molar-refractivity contribution >= 4 is 34.2 Å². The van der Waals surface area contributed by atoms with Gasteiger partial charge < -0.3 is 9.30 Å². The van der Waals surface area contributed by atoms with E-state index in [1.54, 1.807) is 0 Å². The van der Waals surface area contributed by atoms with Crippen LogP contribution in [-0.2, 0) is 10.6 Å². The number of fused-ring (bicyclic) bond motifs is 1. The number of alkyl halides is 1. The maximum Gasteiger partial charge on any atom is 0.125 e. The van der Waals surface area contributed by atoms with E-state index in [0.29, 0.717) is 23.0 Å². The summed E-state index contributed by atoms with van der Waals surface area (Å²) in [6, 6.07) is 6.19. The van der Waals surface area contributed by atoms with Crippen molar-refractivity contribution in [2.24, 2.45) is 5.41 Å². The molecule has 1 saturated carbocycles. The zero-order valence-electron chi connectivity index (χ0n) is 12.6. The summed E-state index contributed by atoms with van der Waals surface area (Å²) in [6.45, 7) is 7.30. The quantitative estimate of drug-likeness (QED) is 0.754. The molecule has 1 aliphatic rings. The molecule has 2 atom stereocenters. The fourth-order valence-corrected chi connectivity index (χ4v) is 3.71. The molecule has 0 radical (unpaired) electrons. The molecule has 2 unspecified atom stereocenters. The van der Waals surface area contributed by atoms with Crippen LogP contribution in [0.5, 0.6) is 0 Å². The second kappa shape index (κ2) is 5.45. The Labute approximate surface area is 135 Å². The lowest BCUT2D eigenvalue weighted by molar-refractivity contribution is -0.127. The molecular weight excluding hydrogens is 307 g/mol. The fourth-order valence-electron chi connectivity index (χ4n) is 3.35. The van der Waals surface area contributed by atoms with Gasteiger partial charge in [-0.05, 0) is 31.5 Å². The average molecular weight is 327 g/mol. The number of ether oxygens (including phenoxy) is 1. The lowest BCUT2D eigenvalue weighted by Crippen LogP contribution is -2.51. The molecule has 21 heavy (non-hydrogen) atoms. The van der Waals surface area contributed by atoms with Crippen LogP contribution < -0.4 is 0 Å². The SMILES string of the molecule is CCOC1CC(n2c(CCl)nc3cc(Cl)ccc32)C1(C)C. The maximum absolute atomic E-state index is 6.11. The summed E-state index contributed by atoms with van der Waals surface area (Å²) in [5.74, 6) is 1.31. The van der Waals surface area contributed by atoms with Gasteiger partial charge in [-0.2, -0.15) is 0 Å². The van der Waals surface area contributed by atoms with Gasteiger partial charge >= 0.3 is 0 Å². The van der Waals surface area contributed by atoms with Gasteiger partial charge in [-0.15, -0.1) is 11.6 Å². The molecule has 1 heterocycles. The highest BCUT2D eigenvalue weighted by atomic mass is 35.5. The first kappa shape index (κ1) is 15.1. The monoisotopic (exact) mass is 326 g/mol. The highest BCUT2D eigenvalue weighted by Crippen LogP contribution is 2.52. The highest BCUT2D eigenvalue weighted by Gasteiger charge is 2.50. The average Bonchev–Trinajstić information content (AvgIpc) is 2.80. The van der Waals surface area contributed by atoms with Crippen LogP contribution in [0.25, 0.3) is 11.0 Å². The summed E-state index contributed by atoms with van der Waals surface area (Å²) in [4.78, 5) is 4.64. The van der Waals surface area contributed by atoms with Crippen molar-refractivity contribution in [1.82, 2.24) is 9.55 Å². The van der Waals surface area contributed by atoms with Crippen LogP contribution in [-0.4, -0.2) is 22.3 Å². The van der Waals surface area contributed by atoms with E-state index >= 15 is 0 Å². The van der Waals surface area contributed by atoms with Crippen molar-refractivity contribution in [1.29, 1.82) is 0 Å². The van der Waals surface area contributed by atoms with Gasteiger partial charge in [-0.1, -0.05) is 25.4 Å². The summed E-state index contributed by atoms with van der Waals surface area (Å²) in [5.41, 5.74) is 2.08. The Kier molecular flexibility index (Phi) is 3.93. The lowest BCUT2D eigenvalue weighted by Gasteiger charge is -2.52. The Bertz CT molecular complexity index is 666. The van der Waals surface area contributed by atoms with E-state index in [1.807, 2.05) is 25.1 Å². The van der Waals surface area contributed by atoms with Crippen LogP contribution in [0.4, 0.5) is 0 Å². The second-order valence-electron chi connectivity index (χ2n) is 6.18. The van der Waals surface area contributed by atoms with Crippen LogP contribution in [0.3, 0.4) is 0 Å². The Morgan fingerprint density at radius 1 is 1.43 bits per heavy atom. The molecule has 0 amide bonds. The van der Waals surface area contributed by atoms with Crippen LogP contribution in [0, 0.1) is 5.41 Å². The zero-order valence-corrected chi connectivity index (χ0v) is 14.1. The van der Waals surface area contributed by atoms with Crippen molar-refractivity contribution in [2.75, 3.05) is 6.61 Å². The predicted octanol–water partition coefficient (Wildman–Crippen LogP) is 4.80. The summed E-state index contributed by atoms with van der Waals surface area (Å²) < 4.78 is 8.11. The lowest BCUT2D eigenvalue weighted by atomic mass is 9.64. The molecular formula is C16H20Cl2N2O. The smallest absolute Gasteiger partial charge is 0.125 e. The first-order valence-electron chi connectivity index (χ1n) is 7.33. The molecule has 1 aliphatic carbocycles. The molecule has 5 heteroatoms. The van der Waals surface area contributed by atoms with Crippen LogP contribution >= 0.6 is 23.2 Å². The molecule has 1 aromatic heterocycles. The van der Waals surface area contributed by atoms with Gasteiger partial charge in [0.05, 0.1) is 23.0 Å². The van der Waals surface area contributed by atoms with Crippen molar-refractivity contribution in [3.63, 3.8) is 0 Å². The van der Waals surface area contributed by atoms with E-state index in [4.69, 9.17) is 27.9 Å². The van der Waals surface area contributed by atoms with Gasteiger partial charge in [0.1, 0.15) is 5.82 Å². The Hall–Kier alpha value is -0.770. The van der Waals surface area contributed by atoms with Gasteiger partial charge in [0, 0.05) is 23.1 Å². The maximum atomic E-state index is 6.11. The zero-order chi connectivity index (χ0) is 15.2. The van der Waals surface area contributed by atoms with Crippen LogP contribution in [0.15, 0.2) is 18.2 Å². The second-order valence-corrected chi connectivity index (χ2v) is 6.89. The molecule has 2 aromatic rings. The van der Waals surface area contributed by atoms with Crippen molar-refractivity contribution < 1.29 is 4.74 Å². The van der Waals surface area contributed by atoms with E-state index in [9.17, 15) is 0 Å². The van der Waals surface area contributed by atoms with E-state index in [2.05, 4.69) is 23.4 Å². The summed E-state index contributed by atoms with van der Waals surface area (Å²) in [7, 11) is 0. The van der Waals surface area contributed by atoms with Gasteiger partial charge in [0.25, 0.3) is 0 Å². The van der Waals surface area contributed by atoms with E-state index in [1.165, 1.54) is 0 Å². The summed E-state index contributed by atoms with van der Waals surface area (Å²) >= 11 is 12.2. The number of rotatable bonds is 4. The minimum Gasteiger partial charge on any atom is -0.378 e. The summed E-state index contributed by atoms with van der Waals surface area (Å²) in [6.07, 6.45) is 1.29. The first-order chi connectivity index (χ1) is 9.98.